The molecule has 3 aromatic carbocycles. The molecule has 1 N–H and O–H groups in total. The van der Waals surface area contributed by atoms with E-state index in [-0.39, 0.29) is 17.1 Å². The van der Waals surface area contributed by atoms with E-state index < -0.39 is 11.7 Å². The molecule has 0 saturated heterocycles. The number of benzene rings is 3. The summed E-state index contributed by atoms with van der Waals surface area (Å²) >= 11 is 12.4. The first-order chi connectivity index (χ1) is 16.0. The zero-order valence-corrected chi connectivity index (χ0v) is 18.3. The van der Waals surface area contributed by atoms with E-state index in [1.54, 1.807) is 18.2 Å². The predicted molar refractivity (Wildman–Crippen MR) is 123 cm³/mol. The highest BCUT2D eigenvalue weighted by atomic mass is 35.5. The highest BCUT2D eigenvalue weighted by molar-refractivity contribution is 6.35. The van der Waals surface area contributed by atoms with Crippen LogP contribution in [0.2, 0.25) is 10.0 Å². The van der Waals surface area contributed by atoms with Gasteiger partial charge in [0.15, 0.2) is 11.5 Å². The van der Waals surface area contributed by atoms with Crippen molar-refractivity contribution in [2.75, 3.05) is 5.32 Å². The monoisotopic (exact) mass is 481 g/mol. The van der Waals surface area contributed by atoms with E-state index in [1.165, 1.54) is 18.2 Å². The van der Waals surface area contributed by atoms with Crippen LogP contribution in [0.1, 0.15) is 15.9 Å². The molecule has 2 heterocycles. The summed E-state index contributed by atoms with van der Waals surface area (Å²) in [6, 6.07) is 18.4. The molecule has 0 atom stereocenters. The van der Waals surface area contributed by atoms with Crippen LogP contribution in [0, 0.1) is 5.82 Å². The third kappa shape index (κ3) is 4.06. The molecule has 164 valence electrons. The summed E-state index contributed by atoms with van der Waals surface area (Å²) in [6.45, 7) is 0.347. The smallest absolute Gasteiger partial charge is 0.259 e. The number of nitrogens with one attached hydrogen (secondary N) is 1. The fraction of sp³-hybridized carbons (Fsp3) is 0.0435. The number of halogens is 3. The van der Waals surface area contributed by atoms with Crippen molar-refractivity contribution in [3.8, 4) is 11.5 Å². The van der Waals surface area contributed by atoms with Gasteiger partial charge in [-0.3, -0.25) is 4.79 Å². The maximum Gasteiger partial charge on any atom is 0.259 e. The summed E-state index contributed by atoms with van der Waals surface area (Å²) in [7, 11) is 0. The van der Waals surface area contributed by atoms with Crippen LogP contribution in [0.3, 0.4) is 0 Å². The fourth-order valence-electron chi connectivity index (χ4n) is 3.47. The van der Waals surface area contributed by atoms with Crippen molar-refractivity contribution < 1.29 is 13.8 Å². The second-order valence-corrected chi connectivity index (χ2v) is 7.99. The van der Waals surface area contributed by atoms with E-state index in [4.69, 9.17) is 27.8 Å². The average Bonchev–Trinajstić information content (AvgIpc) is 3.40. The molecule has 0 aliphatic heterocycles. The lowest BCUT2D eigenvalue weighted by molar-refractivity contribution is 0.102. The number of rotatable bonds is 5. The number of fused-ring (bicyclic) bond motifs is 1. The van der Waals surface area contributed by atoms with Gasteiger partial charge in [0.05, 0.1) is 23.1 Å². The maximum absolute atomic E-state index is 14.0. The number of para-hydroxylation sites is 2. The van der Waals surface area contributed by atoms with E-state index in [1.807, 2.05) is 34.9 Å². The number of aromatic nitrogens is 4. The lowest BCUT2D eigenvalue weighted by atomic mass is 10.2. The van der Waals surface area contributed by atoms with Crippen LogP contribution >= 0.6 is 23.2 Å². The molecule has 7 nitrogen and oxygen atoms in total. The van der Waals surface area contributed by atoms with Crippen LogP contribution in [-0.4, -0.2) is 25.8 Å². The van der Waals surface area contributed by atoms with Gasteiger partial charge in [0.1, 0.15) is 5.82 Å². The van der Waals surface area contributed by atoms with Crippen LogP contribution in [0.15, 0.2) is 71.4 Å². The van der Waals surface area contributed by atoms with Crippen molar-refractivity contribution in [2.24, 2.45) is 0 Å². The van der Waals surface area contributed by atoms with Crippen molar-refractivity contribution in [1.29, 1.82) is 0 Å². The van der Waals surface area contributed by atoms with Crippen LogP contribution < -0.4 is 5.32 Å². The van der Waals surface area contributed by atoms with Crippen LogP contribution in [0.4, 0.5) is 10.2 Å². The molecule has 0 aliphatic rings. The number of nitrogens with zero attached hydrogens (tertiary/aromatic N) is 4. The zero-order chi connectivity index (χ0) is 22.9. The second-order valence-electron chi connectivity index (χ2n) is 7.14. The Morgan fingerprint density at radius 2 is 1.82 bits per heavy atom. The summed E-state index contributed by atoms with van der Waals surface area (Å²) in [5.74, 6) is -0.930. The van der Waals surface area contributed by atoms with Gasteiger partial charge in [0.25, 0.3) is 5.91 Å². The molecule has 0 bridgehead atoms. The summed E-state index contributed by atoms with van der Waals surface area (Å²) in [5, 5.41) is 11.3. The number of imidazole rings is 1. The second kappa shape index (κ2) is 8.65. The van der Waals surface area contributed by atoms with Crippen molar-refractivity contribution >= 4 is 46.0 Å². The molecule has 5 rings (SSSR count). The minimum Gasteiger partial charge on any atom is -0.318 e. The van der Waals surface area contributed by atoms with Crippen LogP contribution in [0.5, 0.6) is 0 Å². The Bertz CT molecular complexity index is 1500. The number of carbonyl (C=O) groups excluding carboxylic acids is 1. The van der Waals surface area contributed by atoms with Crippen molar-refractivity contribution in [2.45, 2.75) is 6.54 Å². The molecular weight excluding hydrogens is 468 g/mol. The molecule has 0 fully saturated rings. The molecule has 0 aliphatic carbocycles. The molecule has 2 aromatic heterocycles. The zero-order valence-electron chi connectivity index (χ0n) is 16.8. The molecule has 1 amide bonds. The molecule has 0 radical (unpaired) electrons. The predicted octanol–water partition coefficient (Wildman–Crippen LogP) is 5.83. The van der Waals surface area contributed by atoms with Gasteiger partial charge in [-0.2, -0.15) is 0 Å². The third-order valence-corrected chi connectivity index (χ3v) is 5.64. The minimum atomic E-state index is -0.687. The first kappa shape index (κ1) is 21.1. The molecular formula is C23H14Cl2FN5O2. The van der Waals surface area contributed by atoms with Gasteiger partial charge < -0.3 is 9.88 Å². The van der Waals surface area contributed by atoms with Crippen molar-refractivity contribution in [3.63, 3.8) is 0 Å². The lowest BCUT2D eigenvalue weighted by Gasteiger charge is -2.10. The Balaban J connectivity index is 1.57. The Morgan fingerprint density at radius 1 is 1.03 bits per heavy atom. The van der Waals surface area contributed by atoms with Crippen molar-refractivity contribution in [1.82, 2.24) is 19.9 Å². The largest absolute Gasteiger partial charge is 0.318 e. The molecule has 33 heavy (non-hydrogen) atoms. The summed E-state index contributed by atoms with van der Waals surface area (Å²) < 4.78 is 20.8. The van der Waals surface area contributed by atoms with Gasteiger partial charge in [0.2, 0.25) is 5.82 Å². The topological polar surface area (TPSA) is 85.8 Å². The standard InChI is InChI=1S/C23H14Cl2FN5O2/c24-14-10-9-13(16(25)11-14)12-31-19-8-4-3-7-18(19)27-22(31)20-21(30-33-29-20)28-23(32)15-5-1-2-6-17(15)26/h1-11H,12H2,(H,28,30,32). The first-order valence-corrected chi connectivity index (χ1v) is 10.5. The quantitative estimate of drug-likeness (QED) is 0.341. The highest BCUT2D eigenvalue weighted by Crippen LogP contribution is 2.31. The molecule has 10 heteroatoms. The number of hydrogen-bond acceptors (Lipinski definition) is 5. The van der Waals surface area contributed by atoms with Gasteiger partial charge >= 0.3 is 0 Å². The number of amides is 1. The number of hydrogen-bond donors (Lipinski definition) is 1. The van der Waals surface area contributed by atoms with Crippen LogP contribution in [-0.2, 0) is 6.54 Å². The molecule has 5 aromatic rings. The Labute approximate surface area is 196 Å². The Morgan fingerprint density at radius 3 is 2.64 bits per heavy atom. The van der Waals surface area contributed by atoms with Gasteiger partial charge in [-0.1, -0.05) is 53.5 Å². The van der Waals surface area contributed by atoms with Gasteiger partial charge in [0, 0.05) is 10.0 Å². The van der Waals surface area contributed by atoms with Gasteiger partial charge in [-0.15, -0.1) is 0 Å². The first-order valence-electron chi connectivity index (χ1n) is 9.79. The lowest BCUT2D eigenvalue weighted by Crippen LogP contribution is -2.15. The molecule has 0 saturated carbocycles. The average molecular weight is 482 g/mol. The highest BCUT2D eigenvalue weighted by Gasteiger charge is 2.23. The third-order valence-electron chi connectivity index (χ3n) is 5.05. The number of carbonyl (C=O) groups is 1. The van der Waals surface area contributed by atoms with E-state index in [2.05, 4.69) is 20.6 Å². The van der Waals surface area contributed by atoms with Crippen LogP contribution in [0.25, 0.3) is 22.6 Å². The van der Waals surface area contributed by atoms with E-state index in [9.17, 15) is 9.18 Å². The summed E-state index contributed by atoms with van der Waals surface area (Å²) in [4.78, 5) is 17.3. The maximum atomic E-state index is 14.0. The SMILES string of the molecule is O=C(Nc1nonc1-c1nc2ccccc2n1Cc1ccc(Cl)cc1Cl)c1ccccc1F. The summed E-state index contributed by atoms with van der Waals surface area (Å²) in [6.07, 6.45) is 0. The van der Waals surface area contributed by atoms with Gasteiger partial charge in [-0.25, -0.2) is 14.0 Å². The minimum absolute atomic E-state index is 0.0158. The van der Waals surface area contributed by atoms with E-state index >= 15 is 0 Å². The van der Waals surface area contributed by atoms with E-state index in [0.717, 1.165) is 11.1 Å². The summed E-state index contributed by atoms with van der Waals surface area (Å²) in [5.41, 5.74) is 2.38. The normalized spacial score (nSPS) is 11.1. The Hall–Kier alpha value is -3.75. The van der Waals surface area contributed by atoms with Crippen molar-refractivity contribution in [3.05, 3.63) is 93.7 Å². The Kier molecular flexibility index (Phi) is 5.53. The fourth-order valence-corrected chi connectivity index (χ4v) is 3.94. The number of anilines is 1. The van der Waals surface area contributed by atoms with E-state index in [0.29, 0.717) is 27.9 Å². The van der Waals surface area contributed by atoms with Gasteiger partial charge in [-0.05, 0) is 52.3 Å². The molecule has 0 spiro atoms. The molecule has 0 unspecified atom stereocenters.